The van der Waals surface area contributed by atoms with Crippen LogP contribution in [0.15, 0.2) is 65.6 Å². The minimum Gasteiger partial charge on any atom is -0.496 e. The van der Waals surface area contributed by atoms with Crippen molar-refractivity contribution in [1.82, 2.24) is 19.8 Å². The van der Waals surface area contributed by atoms with Gasteiger partial charge in [0.25, 0.3) is 5.56 Å². The number of carbonyl (C=O) groups excluding carboxylic acids is 1. The number of nitrogens with one attached hydrogen (secondary N) is 1. The van der Waals surface area contributed by atoms with Crippen molar-refractivity contribution in [1.29, 1.82) is 0 Å². The van der Waals surface area contributed by atoms with Crippen LogP contribution in [-0.4, -0.2) is 51.8 Å². The number of fused-ring (bicyclic) bond motifs is 4. The maximum Gasteiger partial charge on any atom is 0.258 e. The molecule has 8 heteroatoms. The van der Waals surface area contributed by atoms with Crippen LogP contribution in [0.3, 0.4) is 0 Å². The predicted molar refractivity (Wildman–Crippen MR) is 132 cm³/mol. The molecule has 0 spiro atoms. The molecule has 35 heavy (non-hydrogen) atoms. The smallest absolute Gasteiger partial charge is 0.258 e. The van der Waals surface area contributed by atoms with Gasteiger partial charge in [-0.2, -0.15) is 0 Å². The molecule has 1 aromatic carbocycles. The van der Waals surface area contributed by atoms with Crippen LogP contribution in [0.4, 0.5) is 0 Å². The number of likely N-dealkylation sites (N-methyl/N-ethyl adjacent to an activating group) is 1. The van der Waals surface area contributed by atoms with Crippen LogP contribution < -0.4 is 15.6 Å². The largest absolute Gasteiger partial charge is 0.496 e. The molecule has 0 radical (unpaired) electrons. The van der Waals surface area contributed by atoms with Gasteiger partial charge in [-0.3, -0.25) is 19.5 Å². The quantitative estimate of drug-likeness (QED) is 0.545. The molecule has 0 saturated carbocycles. The van der Waals surface area contributed by atoms with E-state index in [1.54, 1.807) is 17.9 Å². The van der Waals surface area contributed by atoms with Crippen LogP contribution in [0.5, 0.6) is 5.75 Å². The summed E-state index contributed by atoms with van der Waals surface area (Å²) >= 11 is 0. The zero-order valence-corrected chi connectivity index (χ0v) is 19.9. The molecule has 182 valence electrons. The summed E-state index contributed by atoms with van der Waals surface area (Å²) in [5.74, 6) is -0.244. The van der Waals surface area contributed by atoms with Gasteiger partial charge in [0.05, 0.1) is 36.9 Å². The highest BCUT2D eigenvalue weighted by Gasteiger charge is 2.55. The Hall–Kier alpha value is -3.49. The summed E-state index contributed by atoms with van der Waals surface area (Å²) in [6.45, 7) is 3.40. The number of methoxy groups -OCH3 is 1. The van der Waals surface area contributed by atoms with Crippen LogP contribution in [0, 0.1) is 11.8 Å². The first kappa shape index (κ1) is 23.3. The average Bonchev–Trinajstić information content (AvgIpc) is 3.13. The molecule has 0 unspecified atom stereocenters. The van der Waals surface area contributed by atoms with E-state index in [9.17, 15) is 14.7 Å². The van der Waals surface area contributed by atoms with E-state index in [0.29, 0.717) is 24.4 Å². The monoisotopic (exact) mass is 474 g/mol. The standard InChI is InChI=1S/C27H30N4O4/c1-3-30-22-15-31-21(12-11-19(27(31)34)18-9-4-5-10-23(18)35-2)25(30)24(20(22)16-32)26(33)29-14-17-8-6-7-13-28-17/h4-13,20,22,24-25,32H,3,14-16H2,1-2H3,(H,29,33)/t20-,22-,24+,25+/m1/s1. The number of pyridine rings is 2. The Labute approximate surface area is 204 Å². The second-order valence-electron chi connectivity index (χ2n) is 9.04. The topological polar surface area (TPSA) is 96.7 Å². The lowest BCUT2D eigenvalue weighted by Crippen LogP contribution is -2.46. The zero-order chi connectivity index (χ0) is 24.5. The lowest BCUT2D eigenvalue weighted by atomic mass is 9.86. The van der Waals surface area contributed by atoms with E-state index in [-0.39, 0.29) is 36.1 Å². The molecule has 2 aromatic heterocycles. The number of rotatable bonds is 7. The molecule has 1 fully saturated rings. The van der Waals surface area contributed by atoms with E-state index >= 15 is 0 Å². The van der Waals surface area contributed by atoms with Crippen LogP contribution in [0.25, 0.3) is 11.1 Å². The zero-order valence-electron chi connectivity index (χ0n) is 19.9. The summed E-state index contributed by atoms with van der Waals surface area (Å²) in [6.07, 6.45) is 1.70. The van der Waals surface area contributed by atoms with E-state index in [1.807, 2.05) is 54.6 Å². The highest BCUT2D eigenvalue weighted by Crippen LogP contribution is 2.48. The molecule has 2 aliphatic rings. The molecule has 2 N–H and O–H groups in total. The highest BCUT2D eigenvalue weighted by molar-refractivity contribution is 5.81. The Morgan fingerprint density at radius 2 is 1.94 bits per heavy atom. The molecule has 1 saturated heterocycles. The van der Waals surface area contributed by atoms with Crippen molar-refractivity contribution in [2.45, 2.75) is 32.1 Å². The molecule has 2 bridgehead atoms. The van der Waals surface area contributed by atoms with Crippen molar-refractivity contribution < 1.29 is 14.6 Å². The fourth-order valence-electron chi connectivity index (χ4n) is 5.83. The number of aromatic nitrogens is 2. The molecule has 2 aliphatic heterocycles. The van der Waals surface area contributed by atoms with E-state index in [0.717, 1.165) is 23.5 Å². The summed E-state index contributed by atoms with van der Waals surface area (Å²) in [6, 6.07) is 16.4. The molecular formula is C27H30N4O4. The van der Waals surface area contributed by atoms with Gasteiger partial charge >= 0.3 is 0 Å². The van der Waals surface area contributed by atoms with Crippen LogP contribution in [0.1, 0.15) is 24.4 Å². The second kappa shape index (κ2) is 9.64. The number of amides is 1. The van der Waals surface area contributed by atoms with Crippen molar-refractivity contribution in [3.63, 3.8) is 0 Å². The second-order valence-corrected chi connectivity index (χ2v) is 9.04. The number of carbonyl (C=O) groups is 1. The third-order valence-corrected chi connectivity index (χ3v) is 7.41. The van der Waals surface area contributed by atoms with Crippen molar-refractivity contribution in [3.05, 3.63) is 82.5 Å². The molecule has 5 rings (SSSR count). The normalized spacial score (nSPS) is 23.1. The first-order chi connectivity index (χ1) is 17.1. The molecule has 8 nitrogen and oxygen atoms in total. The Morgan fingerprint density at radius 3 is 2.66 bits per heavy atom. The Kier molecular flexibility index (Phi) is 6.40. The SMILES string of the molecule is CCN1[C@@H]2Cn3c(ccc(-c4ccccc4OC)c3=O)[C@H]1[C@@H](C(=O)NCc1ccccn1)[C@@H]2CO. The van der Waals surface area contributed by atoms with Crippen molar-refractivity contribution >= 4 is 5.91 Å². The first-order valence-corrected chi connectivity index (χ1v) is 12.0. The molecule has 0 aliphatic carbocycles. The number of aliphatic hydroxyl groups is 1. The van der Waals surface area contributed by atoms with Crippen LogP contribution in [-0.2, 0) is 17.9 Å². The van der Waals surface area contributed by atoms with Gasteiger partial charge in [0.1, 0.15) is 5.75 Å². The van der Waals surface area contributed by atoms with Crippen molar-refractivity contribution in [3.8, 4) is 16.9 Å². The predicted octanol–water partition coefficient (Wildman–Crippen LogP) is 2.22. The third kappa shape index (κ3) is 3.92. The lowest BCUT2D eigenvalue weighted by molar-refractivity contribution is -0.127. The van der Waals surface area contributed by atoms with Crippen molar-refractivity contribution in [2.75, 3.05) is 20.3 Å². The number of para-hydroxylation sites is 1. The lowest BCUT2D eigenvalue weighted by Gasteiger charge is -2.37. The summed E-state index contributed by atoms with van der Waals surface area (Å²) in [4.78, 5) is 33.7. The number of aliphatic hydroxyl groups excluding tert-OH is 1. The number of nitrogens with zero attached hydrogens (tertiary/aromatic N) is 3. The van der Waals surface area contributed by atoms with E-state index in [2.05, 4.69) is 22.1 Å². The maximum atomic E-state index is 13.7. The van der Waals surface area contributed by atoms with E-state index in [4.69, 9.17) is 4.74 Å². The summed E-state index contributed by atoms with van der Waals surface area (Å²) in [5, 5.41) is 13.4. The molecule has 1 amide bonds. The Morgan fingerprint density at radius 1 is 1.14 bits per heavy atom. The highest BCUT2D eigenvalue weighted by atomic mass is 16.5. The van der Waals surface area contributed by atoms with Gasteiger partial charge in [-0.15, -0.1) is 0 Å². The third-order valence-electron chi connectivity index (χ3n) is 7.41. The van der Waals surface area contributed by atoms with Gasteiger partial charge in [-0.1, -0.05) is 31.2 Å². The molecular weight excluding hydrogens is 444 g/mol. The number of ether oxygens (including phenoxy) is 1. The maximum absolute atomic E-state index is 13.7. The van der Waals surface area contributed by atoms with Crippen LogP contribution >= 0.6 is 0 Å². The van der Waals surface area contributed by atoms with Gasteiger partial charge in [-0.25, -0.2) is 0 Å². The summed E-state index contributed by atoms with van der Waals surface area (Å²) in [5.41, 5.74) is 2.77. The Bertz CT molecular complexity index is 1280. The number of hydrogen-bond donors (Lipinski definition) is 2. The van der Waals surface area contributed by atoms with Gasteiger partial charge in [0, 0.05) is 42.6 Å². The van der Waals surface area contributed by atoms with E-state index < -0.39 is 5.92 Å². The summed E-state index contributed by atoms with van der Waals surface area (Å²) < 4.78 is 7.28. The number of benzene rings is 1. The van der Waals surface area contributed by atoms with Crippen molar-refractivity contribution in [2.24, 2.45) is 11.8 Å². The fraction of sp³-hybridized carbons (Fsp3) is 0.370. The minimum atomic E-state index is -0.473. The van der Waals surface area contributed by atoms with E-state index in [1.165, 1.54) is 0 Å². The molecule has 4 heterocycles. The molecule has 4 atom stereocenters. The number of hydrogen-bond acceptors (Lipinski definition) is 6. The average molecular weight is 475 g/mol. The first-order valence-electron chi connectivity index (χ1n) is 12.0. The van der Waals surface area contributed by atoms with Crippen LogP contribution in [0.2, 0.25) is 0 Å². The Balaban J connectivity index is 1.53. The summed E-state index contributed by atoms with van der Waals surface area (Å²) in [7, 11) is 1.59. The van der Waals surface area contributed by atoms with Gasteiger partial charge in [0.15, 0.2) is 0 Å². The van der Waals surface area contributed by atoms with Gasteiger partial charge in [-0.05, 0) is 36.9 Å². The van der Waals surface area contributed by atoms with Gasteiger partial charge in [0.2, 0.25) is 5.91 Å². The minimum absolute atomic E-state index is 0.107. The van der Waals surface area contributed by atoms with Gasteiger partial charge < -0.3 is 19.7 Å². The molecule has 3 aromatic rings. The fourth-order valence-corrected chi connectivity index (χ4v) is 5.83.